The molecule has 0 saturated carbocycles. The Morgan fingerprint density at radius 1 is 1.00 bits per heavy atom. The molecule has 2 aromatic carbocycles. The first-order chi connectivity index (χ1) is 14.6. The smallest absolute Gasteiger partial charge is 0.264 e. The fourth-order valence-corrected chi connectivity index (χ4v) is 3.82. The quantitative estimate of drug-likeness (QED) is 0.430. The molecule has 3 rings (SSSR count). The van der Waals surface area contributed by atoms with E-state index in [9.17, 15) is 18.3 Å². The molecule has 1 amide bonds. The summed E-state index contributed by atoms with van der Waals surface area (Å²) < 4.78 is 27.5. The number of phenols is 1. The molecule has 0 saturated heterocycles. The summed E-state index contributed by atoms with van der Waals surface area (Å²) in [4.78, 5) is 20.3. The number of hydrogen-bond acceptors (Lipinski definition) is 7. The number of anilines is 2. The highest BCUT2D eigenvalue weighted by atomic mass is 32.2. The molecule has 1 aromatic heterocycles. The molecule has 11 heteroatoms. The Hall–Kier alpha value is -3.57. The van der Waals surface area contributed by atoms with Gasteiger partial charge in [0.05, 0.1) is 10.5 Å². The van der Waals surface area contributed by atoms with Gasteiger partial charge in [-0.05, 0) is 68.5 Å². The van der Waals surface area contributed by atoms with Crippen LogP contribution >= 0.6 is 12.2 Å². The molecule has 4 N–H and O–H groups in total. The minimum atomic E-state index is -3.89. The van der Waals surface area contributed by atoms with Crippen LogP contribution in [0, 0.1) is 13.8 Å². The monoisotopic (exact) mass is 457 g/mol. The number of para-hydroxylation sites is 1. The molecule has 0 bridgehead atoms. The number of carbonyl (C=O) groups excluding carboxylic acids is 1. The minimum Gasteiger partial charge on any atom is -0.507 e. The molecule has 1 heterocycles. The molecule has 0 aliphatic carbocycles. The number of aryl methyl sites for hydroxylation is 2. The Morgan fingerprint density at radius 2 is 1.61 bits per heavy atom. The summed E-state index contributed by atoms with van der Waals surface area (Å²) >= 11 is 5.10. The number of aromatic nitrogens is 2. The van der Waals surface area contributed by atoms with Gasteiger partial charge < -0.3 is 10.4 Å². The molecule has 160 valence electrons. The summed E-state index contributed by atoms with van der Waals surface area (Å²) in [5.41, 5.74) is 1.82. The Labute approximate surface area is 184 Å². The molecule has 0 fully saturated rings. The molecule has 9 nitrogen and oxygen atoms in total. The van der Waals surface area contributed by atoms with Gasteiger partial charge in [-0.1, -0.05) is 12.1 Å². The van der Waals surface area contributed by atoms with Crippen molar-refractivity contribution in [1.82, 2.24) is 15.3 Å². The molecular weight excluding hydrogens is 438 g/mol. The van der Waals surface area contributed by atoms with Gasteiger partial charge in [0.1, 0.15) is 5.75 Å². The van der Waals surface area contributed by atoms with Gasteiger partial charge in [-0.3, -0.25) is 10.1 Å². The molecule has 0 unspecified atom stereocenters. The van der Waals surface area contributed by atoms with Crippen LogP contribution in [0.1, 0.15) is 21.7 Å². The summed E-state index contributed by atoms with van der Waals surface area (Å²) in [5, 5.41) is 15.0. The average molecular weight is 458 g/mol. The van der Waals surface area contributed by atoms with Crippen LogP contribution in [0.15, 0.2) is 59.5 Å². The average Bonchev–Trinajstić information content (AvgIpc) is 2.67. The maximum atomic E-state index is 12.6. The van der Waals surface area contributed by atoms with Crippen molar-refractivity contribution in [2.75, 3.05) is 10.0 Å². The highest BCUT2D eigenvalue weighted by Gasteiger charge is 2.17. The van der Waals surface area contributed by atoms with Crippen molar-refractivity contribution < 1.29 is 18.3 Å². The van der Waals surface area contributed by atoms with Gasteiger partial charge >= 0.3 is 0 Å². The van der Waals surface area contributed by atoms with Crippen LogP contribution in [-0.4, -0.2) is 34.5 Å². The normalized spacial score (nSPS) is 10.9. The third kappa shape index (κ3) is 5.74. The van der Waals surface area contributed by atoms with E-state index >= 15 is 0 Å². The second-order valence-electron chi connectivity index (χ2n) is 6.53. The van der Waals surface area contributed by atoms with E-state index in [-0.39, 0.29) is 27.3 Å². The van der Waals surface area contributed by atoms with Gasteiger partial charge in [-0.15, -0.1) is 0 Å². The number of aromatic hydroxyl groups is 1. The van der Waals surface area contributed by atoms with Gasteiger partial charge in [0, 0.05) is 17.1 Å². The minimum absolute atomic E-state index is 0.00460. The van der Waals surface area contributed by atoms with Crippen LogP contribution in [0.2, 0.25) is 0 Å². The number of benzene rings is 2. The first kappa shape index (κ1) is 22.1. The van der Waals surface area contributed by atoms with Crippen LogP contribution < -0.4 is 15.4 Å². The summed E-state index contributed by atoms with van der Waals surface area (Å²) in [6.45, 7) is 3.49. The van der Waals surface area contributed by atoms with Crippen LogP contribution in [0.25, 0.3) is 0 Å². The zero-order valence-electron chi connectivity index (χ0n) is 16.6. The molecule has 0 aliphatic rings. The summed E-state index contributed by atoms with van der Waals surface area (Å²) in [7, 11) is -3.89. The van der Waals surface area contributed by atoms with Crippen molar-refractivity contribution in [3.8, 4) is 5.75 Å². The third-order valence-electron chi connectivity index (χ3n) is 4.01. The summed E-state index contributed by atoms with van der Waals surface area (Å²) in [6.07, 6.45) is 0. The first-order valence-corrected chi connectivity index (χ1v) is 10.9. The lowest BCUT2D eigenvalue weighted by Gasteiger charge is -2.11. The predicted octanol–water partition coefficient (Wildman–Crippen LogP) is 2.73. The molecule has 0 aliphatic heterocycles. The fourth-order valence-electron chi connectivity index (χ4n) is 2.67. The molecule has 0 spiro atoms. The van der Waals surface area contributed by atoms with Gasteiger partial charge in [-0.25, -0.2) is 23.1 Å². The summed E-state index contributed by atoms with van der Waals surface area (Å²) in [5.74, 6) is -0.752. The Bertz CT molecular complexity index is 1220. The van der Waals surface area contributed by atoms with Crippen molar-refractivity contribution in [1.29, 1.82) is 0 Å². The molecule has 0 radical (unpaired) electrons. The molecule has 31 heavy (non-hydrogen) atoms. The van der Waals surface area contributed by atoms with E-state index in [1.54, 1.807) is 32.0 Å². The number of amides is 1. The maximum Gasteiger partial charge on any atom is 0.264 e. The number of hydrogen-bond donors (Lipinski definition) is 4. The van der Waals surface area contributed by atoms with Gasteiger partial charge in [0.25, 0.3) is 15.9 Å². The second kappa shape index (κ2) is 9.06. The van der Waals surface area contributed by atoms with Crippen molar-refractivity contribution in [2.24, 2.45) is 0 Å². The van der Waals surface area contributed by atoms with E-state index in [1.807, 2.05) is 0 Å². The largest absolute Gasteiger partial charge is 0.507 e. The van der Waals surface area contributed by atoms with Crippen LogP contribution in [-0.2, 0) is 10.0 Å². The SMILES string of the molecule is Cc1cc(C)nc(NS(=O)(=O)c2ccc(NC(=S)NC(=O)c3ccccc3O)cc2)n1. The van der Waals surface area contributed by atoms with E-state index in [0.29, 0.717) is 17.1 Å². The lowest BCUT2D eigenvalue weighted by Crippen LogP contribution is -2.34. The Kier molecular flexibility index (Phi) is 6.47. The third-order valence-corrected chi connectivity index (χ3v) is 5.55. The number of sulfonamides is 1. The van der Waals surface area contributed by atoms with Crippen molar-refractivity contribution in [2.45, 2.75) is 18.7 Å². The topological polar surface area (TPSA) is 133 Å². The zero-order valence-corrected chi connectivity index (χ0v) is 18.2. The maximum absolute atomic E-state index is 12.6. The zero-order chi connectivity index (χ0) is 22.6. The van der Waals surface area contributed by atoms with Gasteiger partial charge in [-0.2, -0.15) is 0 Å². The van der Waals surface area contributed by atoms with Gasteiger partial charge in [0.2, 0.25) is 5.95 Å². The number of thiocarbonyl (C=S) groups is 1. The Morgan fingerprint density at radius 3 is 2.23 bits per heavy atom. The van der Waals surface area contributed by atoms with Crippen molar-refractivity contribution in [3.05, 3.63) is 71.5 Å². The standard InChI is InChI=1S/C20H19N5O4S2/c1-12-11-13(2)22-19(21-12)25-31(28,29)15-9-7-14(8-10-15)23-20(30)24-18(27)16-5-3-4-6-17(16)26/h3-11,26H,1-2H3,(H,21,22,25)(H2,23,24,27,30). The highest BCUT2D eigenvalue weighted by molar-refractivity contribution is 7.92. The van der Waals surface area contributed by atoms with Crippen molar-refractivity contribution >= 4 is 44.9 Å². The van der Waals surface area contributed by atoms with Crippen molar-refractivity contribution in [3.63, 3.8) is 0 Å². The number of rotatable bonds is 5. The second-order valence-corrected chi connectivity index (χ2v) is 8.62. The predicted molar refractivity (Wildman–Crippen MR) is 121 cm³/mol. The van der Waals surface area contributed by atoms with Crippen LogP contribution in [0.5, 0.6) is 5.75 Å². The lowest BCUT2D eigenvalue weighted by molar-refractivity contribution is 0.0975. The van der Waals surface area contributed by atoms with Gasteiger partial charge in [0.15, 0.2) is 5.11 Å². The molecular formula is C20H19N5O4S2. The molecule has 0 atom stereocenters. The molecule has 3 aromatic rings. The van der Waals surface area contributed by atoms with Crippen LogP contribution in [0.4, 0.5) is 11.6 Å². The van der Waals surface area contributed by atoms with E-state index in [4.69, 9.17) is 12.2 Å². The summed E-state index contributed by atoms with van der Waals surface area (Å²) in [6, 6.07) is 13.5. The number of phenolic OH excluding ortho intramolecular Hbond substituents is 1. The number of nitrogens with zero attached hydrogens (tertiary/aromatic N) is 2. The Balaban J connectivity index is 1.66. The fraction of sp³-hybridized carbons (Fsp3) is 0.100. The highest BCUT2D eigenvalue weighted by Crippen LogP contribution is 2.18. The van der Waals surface area contributed by atoms with E-state index < -0.39 is 15.9 Å². The number of carbonyl (C=O) groups is 1. The number of nitrogens with one attached hydrogen (secondary N) is 3. The van der Waals surface area contributed by atoms with E-state index in [1.165, 1.54) is 36.4 Å². The van der Waals surface area contributed by atoms with Crippen LogP contribution in [0.3, 0.4) is 0 Å². The first-order valence-electron chi connectivity index (χ1n) is 8.99. The lowest BCUT2D eigenvalue weighted by atomic mass is 10.2. The van der Waals surface area contributed by atoms with E-state index in [2.05, 4.69) is 25.3 Å². The van der Waals surface area contributed by atoms with E-state index in [0.717, 1.165) is 0 Å².